The van der Waals surface area contributed by atoms with Crippen molar-refractivity contribution in [3.8, 4) is 0 Å². The minimum absolute atomic E-state index is 0. The number of piperazine rings is 1. The number of nitrogens with zero attached hydrogens (tertiary/aromatic N) is 3. The lowest BCUT2D eigenvalue weighted by atomic mass is 9.69. The standard InChI is InChI=1S/C18H27FN4O.HI/c1-24-14-18(7-2-8-18)13-21-17(20)23-11-9-22(10-12-23)16-5-3-15(19)4-6-16;/h3-6H,2,7-14H2,1H3,(H2,20,21);1H. The van der Waals surface area contributed by atoms with Gasteiger partial charge in [-0.05, 0) is 37.1 Å². The van der Waals surface area contributed by atoms with Crippen LogP contribution in [0, 0.1) is 11.2 Å². The monoisotopic (exact) mass is 462 g/mol. The Bertz CT molecular complexity index is 569. The van der Waals surface area contributed by atoms with E-state index < -0.39 is 0 Å². The molecule has 3 rings (SSSR count). The maximum Gasteiger partial charge on any atom is 0.191 e. The zero-order chi connectivity index (χ0) is 17.0. The van der Waals surface area contributed by atoms with Gasteiger partial charge in [0, 0.05) is 44.4 Å². The normalized spacial score (nSPS) is 20.0. The van der Waals surface area contributed by atoms with Crippen LogP contribution in [0.25, 0.3) is 0 Å². The van der Waals surface area contributed by atoms with Gasteiger partial charge in [0.25, 0.3) is 0 Å². The van der Waals surface area contributed by atoms with Crippen molar-refractivity contribution in [2.75, 3.05) is 51.3 Å². The first kappa shape index (κ1) is 20.2. The number of anilines is 1. The van der Waals surface area contributed by atoms with Crippen molar-refractivity contribution in [3.05, 3.63) is 30.1 Å². The molecular weight excluding hydrogens is 434 g/mol. The Morgan fingerprint density at radius 1 is 1.20 bits per heavy atom. The van der Waals surface area contributed by atoms with Gasteiger partial charge < -0.3 is 20.3 Å². The Balaban J connectivity index is 0.00000225. The summed E-state index contributed by atoms with van der Waals surface area (Å²) in [5, 5.41) is 0. The highest BCUT2D eigenvalue weighted by molar-refractivity contribution is 14.0. The molecule has 1 saturated carbocycles. The van der Waals surface area contributed by atoms with E-state index in [-0.39, 0.29) is 35.2 Å². The van der Waals surface area contributed by atoms with E-state index in [0.29, 0.717) is 5.96 Å². The van der Waals surface area contributed by atoms with Crippen molar-refractivity contribution in [1.82, 2.24) is 4.90 Å². The maximum atomic E-state index is 13.0. The van der Waals surface area contributed by atoms with E-state index >= 15 is 0 Å². The Morgan fingerprint density at radius 3 is 2.36 bits per heavy atom. The molecule has 2 N–H and O–H groups in total. The molecule has 0 amide bonds. The number of hydrogen-bond acceptors (Lipinski definition) is 3. The van der Waals surface area contributed by atoms with E-state index in [1.165, 1.54) is 31.4 Å². The molecule has 2 fully saturated rings. The summed E-state index contributed by atoms with van der Waals surface area (Å²) in [6.07, 6.45) is 3.61. The zero-order valence-electron chi connectivity index (χ0n) is 14.8. The summed E-state index contributed by atoms with van der Waals surface area (Å²) in [6.45, 7) is 4.93. The lowest BCUT2D eigenvalue weighted by Gasteiger charge is -2.41. The van der Waals surface area contributed by atoms with Gasteiger partial charge in [0.1, 0.15) is 5.82 Å². The Labute approximate surface area is 166 Å². The number of hydrogen-bond donors (Lipinski definition) is 1. The van der Waals surface area contributed by atoms with Crippen LogP contribution in [0.15, 0.2) is 29.3 Å². The van der Waals surface area contributed by atoms with E-state index in [1.54, 1.807) is 7.11 Å². The molecule has 0 radical (unpaired) electrons. The van der Waals surface area contributed by atoms with Crippen LogP contribution >= 0.6 is 24.0 Å². The Kier molecular flexibility index (Phi) is 7.30. The molecule has 0 unspecified atom stereocenters. The molecule has 1 heterocycles. The first-order valence-electron chi connectivity index (χ1n) is 8.66. The number of guanidine groups is 1. The number of methoxy groups -OCH3 is 1. The third-order valence-electron chi connectivity index (χ3n) is 5.24. The van der Waals surface area contributed by atoms with Gasteiger partial charge in [-0.15, -0.1) is 24.0 Å². The number of benzene rings is 1. The van der Waals surface area contributed by atoms with E-state index in [9.17, 15) is 4.39 Å². The average molecular weight is 462 g/mol. The van der Waals surface area contributed by atoms with E-state index in [1.807, 2.05) is 12.1 Å². The zero-order valence-corrected chi connectivity index (χ0v) is 17.1. The number of halogens is 2. The SMILES string of the molecule is COCC1(CN=C(N)N2CCN(c3ccc(F)cc3)CC2)CCC1.I. The molecule has 140 valence electrons. The van der Waals surface area contributed by atoms with Crippen molar-refractivity contribution >= 4 is 35.6 Å². The second kappa shape index (κ2) is 9.02. The van der Waals surface area contributed by atoms with Crippen molar-refractivity contribution in [3.63, 3.8) is 0 Å². The molecule has 0 spiro atoms. The van der Waals surface area contributed by atoms with Crippen LogP contribution in [-0.4, -0.2) is 57.3 Å². The van der Waals surface area contributed by atoms with E-state index in [4.69, 9.17) is 10.5 Å². The molecule has 25 heavy (non-hydrogen) atoms. The molecule has 1 aromatic carbocycles. The van der Waals surface area contributed by atoms with Gasteiger partial charge in [0.05, 0.1) is 13.2 Å². The molecule has 5 nitrogen and oxygen atoms in total. The smallest absolute Gasteiger partial charge is 0.191 e. The predicted octanol–water partition coefficient (Wildman–Crippen LogP) is 2.70. The quantitative estimate of drug-likeness (QED) is 0.416. The summed E-state index contributed by atoms with van der Waals surface area (Å²) >= 11 is 0. The summed E-state index contributed by atoms with van der Waals surface area (Å²) in [5.41, 5.74) is 7.46. The molecular formula is C18H28FIN4O. The maximum absolute atomic E-state index is 13.0. The van der Waals surface area contributed by atoms with Gasteiger partial charge >= 0.3 is 0 Å². The Morgan fingerprint density at radius 2 is 1.84 bits per heavy atom. The number of nitrogens with two attached hydrogens (primary N) is 1. The molecule has 0 aromatic heterocycles. The number of ether oxygens (including phenoxy) is 1. The molecule has 0 bridgehead atoms. The third-order valence-corrected chi connectivity index (χ3v) is 5.24. The highest BCUT2D eigenvalue weighted by Gasteiger charge is 2.37. The topological polar surface area (TPSA) is 54.1 Å². The molecule has 1 aliphatic carbocycles. The summed E-state index contributed by atoms with van der Waals surface area (Å²) in [4.78, 5) is 9.03. The minimum atomic E-state index is -0.199. The highest BCUT2D eigenvalue weighted by atomic mass is 127. The molecule has 2 aliphatic rings. The minimum Gasteiger partial charge on any atom is -0.384 e. The largest absolute Gasteiger partial charge is 0.384 e. The second-order valence-electron chi connectivity index (χ2n) is 6.91. The summed E-state index contributed by atoms with van der Waals surface area (Å²) in [7, 11) is 1.75. The van der Waals surface area contributed by atoms with Crippen LogP contribution in [0.4, 0.5) is 10.1 Å². The van der Waals surface area contributed by atoms with Crippen molar-refractivity contribution in [1.29, 1.82) is 0 Å². The molecule has 1 saturated heterocycles. The summed E-state index contributed by atoms with van der Waals surface area (Å²) in [5.74, 6) is 0.436. The first-order valence-corrected chi connectivity index (χ1v) is 8.66. The van der Waals surface area contributed by atoms with Crippen LogP contribution < -0.4 is 10.6 Å². The van der Waals surface area contributed by atoms with Gasteiger partial charge in [0.15, 0.2) is 5.96 Å². The average Bonchev–Trinajstić information content (AvgIpc) is 2.58. The fourth-order valence-corrected chi connectivity index (χ4v) is 3.53. The molecule has 0 atom stereocenters. The van der Waals surface area contributed by atoms with Gasteiger partial charge in [-0.3, -0.25) is 4.99 Å². The van der Waals surface area contributed by atoms with Crippen LogP contribution in [0.2, 0.25) is 0 Å². The lowest BCUT2D eigenvalue weighted by molar-refractivity contribution is 0.0251. The number of aliphatic imine (C=N–C) groups is 1. The lowest BCUT2D eigenvalue weighted by Crippen LogP contribution is -2.51. The van der Waals surface area contributed by atoms with E-state index in [2.05, 4.69) is 14.8 Å². The molecule has 7 heteroatoms. The van der Waals surface area contributed by atoms with Crippen LogP contribution in [-0.2, 0) is 4.74 Å². The van der Waals surface area contributed by atoms with Crippen LogP contribution in [0.3, 0.4) is 0 Å². The van der Waals surface area contributed by atoms with E-state index in [0.717, 1.165) is 45.0 Å². The fraction of sp³-hybridized carbons (Fsp3) is 0.611. The van der Waals surface area contributed by atoms with Crippen LogP contribution in [0.1, 0.15) is 19.3 Å². The summed E-state index contributed by atoms with van der Waals surface area (Å²) in [6, 6.07) is 6.66. The summed E-state index contributed by atoms with van der Waals surface area (Å²) < 4.78 is 18.4. The van der Waals surface area contributed by atoms with Gasteiger partial charge in [-0.25, -0.2) is 4.39 Å². The third kappa shape index (κ3) is 4.97. The molecule has 1 aliphatic heterocycles. The predicted molar refractivity (Wildman–Crippen MR) is 110 cm³/mol. The van der Waals surface area contributed by atoms with Gasteiger partial charge in [-0.2, -0.15) is 0 Å². The van der Waals surface area contributed by atoms with Crippen molar-refractivity contribution < 1.29 is 9.13 Å². The van der Waals surface area contributed by atoms with Crippen LogP contribution in [0.5, 0.6) is 0 Å². The van der Waals surface area contributed by atoms with Crippen molar-refractivity contribution in [2.45, 2.75) is 19.3 Å². The molecule has 1 aromatic rings. The second-order valence-corrected chi connectivity index (χ2v) is 6.91. The van der Waals surface area contributed by atoms with Gasteiger partial charge in [0.2, 0.25) is 0 Å². The Hall–Kier alpha value is -1.09. The highest BCUT2D eigenvalue weighted by Crippen LogP contribution is 2.41. The van der Waals surface area contributed by atoms with Crippen molar-refractivity contribution in [2.24, 2.45) is 16.1 Å². The number of rotatable bonds is 5. The fourth-order valence-electron chi connectivity index (χ4n) is 3.53. The van der Waals surface area contributed by atoms with Gasteiger partial charge in [-0.1, -0.05) is 6.42 Å². The first-order chi connectivity index (χ1) is 11.6.